The summed E-state index contributed by atoms with van der Waals surface area (Å²) in [4.78, 5) is 19.5. The molecule has 0 saturated heterocycles. The second kappa shape index (κ2) is 7.85. The maximum absolute atomic E-state index is 10.6. The summed E-state index contributed by atoms with van der Waals surface area (Å²) in [6.07, 6.45) is -4.49. The van der Waals surface area contributed by atoms with Gasteiger partial charge in [-0.15, -0.1) is 0 Å². The molecule has 0 radical (unpaired) electrons. The molecule has 0 aromatic heterocycles. The molecule has 0 heterocycles. The second-order valence-corrected chi connectivity index (χ2v) is 3.52. The van der Waals surface area contributed by atoms with Gasteiger partial charge in [0.15, 0.2) is 0 Å². The number of hydrogen-bond donors (Lipinski definition) is 4. The third-order valence-electron chi connectivity index (χ3n) is 1.41. The summed E-state index contributed by atoms with van der Waals surface area (Å²) in [5, 5.41) is 15.3. The fourth-order valence-corrected chi connectivity index (χ4v) is 0.698. The summed E-state index contributed by atoms with van der Waals surface area (Å²) < 4.78 is 31.7. The van der Waals surface area contributed by atoms with Gasteiger partial charge in [0.2, 0.25) is 0 Å². The van der Waals surface area contributed by atoms with Gasteiger partial charge in [0.05, 0.1) is 6.04 Å². The number of nitrogens with one attached hydrogen (secondary N) is 1. The van der Waals surface area contributed by atoms with Crippen LogP contribution in [0.1, 0.15) is 20.3 Å². The smallest absolute Gasteiger partial charge is 0.475 e. The lowest BCUT2D eigenvalue weighted by Gasteiger charge is -2.10. The number of aliphatic carboxylic acids is 1. The van der Waals surface area contributed by atoms with E-state index in [2.05, 4.69) is 0 Å². The number of carbonyl (C=O) groups excluding carboxylic acids is 1. The molecular formula is C8H15F3N2O4. The van der Waals surface area contributed by atoms with Crippen molar-refractivity contribution in [1.29, 1.82) is 0 Å². The highest BCUT2D eigenvalue weighted by atomic mass is 19.4. The first kappa shape index (κ1) is 18.0. The van der Waals surface area contributed by atoms with E-state index in [0.29, 0.717) is 12.3 Å². The van der Waals surface area contributed by atoms with Gasteiger partial charge in [0, 0.05) is 0 Å². The van der Waals surface area contributed by atoms with Gasteiger partial charge in [-0.05, 0) is 12.3 Å². The lowest BCUT2D eigenvalue weighted by molar-refractivity contribution is -0.192. The molecule has 0 saturated carbocycles. The normalized spacial score (nSPS) is 12.5. The first-order chi connectivity index (χ1) is 7.52. The molecule has 0 fully saturated rings. The van der Waals surface area contributed by atoms with Crippen molar-refractivity contribution in [1.82, 2.24) is 5.48 Å². The zero-order chi connectivity index (χ0) is 14.2. The van der Waals surface area contributed by atoms with E-state index in [9.17, 15) is 18.0 Å². The summed E-state index contributed by atoms with van der Waals surface area (Å²) in [6.45, 7) is 3.93. The fraction of sp³-hybridized carbons (Fsp3) is 0.750. The molecule has 1 amide bonds. The predicted molar refractivity (Wildman–Crippen MR) is 51.1 cm³/mol. The average Bonchev–Trinajstić information content (AvgIpc) is 2.14. The molecule has 6 nitrogen and oxygen atoms in total. The van der Waals surface area contributed by atoms with Crippen molar-refractivity contribution in [3.05, 3.63) is 0 Å². The van der Waals surface area contributed by atoms with Gasteiger partial charge in [-0.2, -0.15) is 13.2 Å². The quantitative estimate of drug-likeness (QED) is 0.436. The molecule has 0 rings (SSSR count). The van der Waals surface area contributed by atoms with E-state index in [4.69, 9.17) is 20.8 Å². The number of nitrogens with two attached hydrogens (primary N) is 1. The van der Waals surface area contributed by atoms with E-state index in [1.54, 1.807) is 0 Å². The van der Waals surface area contributed by atoms with Gasteiger partial charge in [0.25, 0.3) is 5.91 Å². The summed E-state index contributed by atoms with van der Waals surface area (Å²) in [5.74, 6) is -2.91. The minimum absolute atomic E-state index is 0.368. The van der Waals surface area contributed by atoms with Crippen molar-refractivity contribution in [3.63, 3.8) is 0 Å². The van der Waals surface area contributed by atoms with Gasteiger partial charge in [-0.25, -0.2) is 10.3 Å². The second-order valence-electron chi connectivity index (χ2n) is 3.52. The summed E-state index contributed by atoms with van der Waals surface area (Å²) in [6, 6.07) is -0.593. The van der Waals surface area contributed by atoms with Crippen LogP contribution in [0.25, 0.3) is 0 Å². The Morgan fingerprint density at radius 2 is 1.71 bits per heavy atom. The number of alkyl halides is 3. The van der Waals surface area contributed by atoms with Crippen LogP contribution in [0.2, 0.25) is 0 Å². The third-order valence-corrected chi connectivity index (χ3v) is 1.41. The van der Waals surface area contributed by atoms with Gasteiger partial charge in [-0.3, -0.25) is 10.0 Å². The maximum Gasteiger partial charge on any atom is 0.490 e. The number of carbonyl (C=O) groups is 2. The van der Waals surface area contributed by atoms with E-state index in [-0.39, 0.29) is 0 Å². The van der Waals surface area contributed by atoms with Crippen LogP contribution in [0.4, 0.5) is 13.2 Å². The van der Waals surface area contributed by atoms with Crippen LogP contribution in [0, 0.1) is 5.92 Å². The Hall–Kier alpha value is -1.35. The number of carboxylic acids is 1. The summed E-state index contributed by atoms with van der Waals surface area (Å²) >= 11 is 0. The topological polar surface area (TPSA) is 113 Å². The van der Waals surface area contributed by atoms with Crippen LogP contribution in [0.3, 0.4) is 0 Å². The van der Waals surface area contributed by atoms with E-state index in [0.717, 1.165) is 0 Å². The number of rotatable bonds is 3. The van der Waals surface area contributed by atoms with E-state index in [1.807, 2.05) is 13.8 Å². The molecule has 0 bridgehead atoms. The molecule has 1 unspecified atom stereocenters. The molecule has 0 spiro atoms. The Labute approximate surface area is 95.6 Å². The van der Waals surface area contributed by atoms with Gasteiger partial charge in [0.1, 0.15) is 0 Å². The number of halogens is 3. The van der Waals surface area contributed by atoms with Crippen molar-refractivity contribution in [3.8, 4) is 0 Å². The zero-order valence-corrected chi connectivity index (χ0v) is 9.28. The standard InChI is InChI=1S/C6H14N2O2.C2HF3O2/c1-4(2)3-5(7)6(9)8-10;3-2(4,5)1(6)7/h4-5,10H,3,7H2,1-2H3,(H,8,9);(H,6,7). The van der Waals surface area contributed by atoms with E-state index in [1.165, 1.54) is 5.48 Å². The molecule has 0 aliphatic rings. The molecule has 0 aliphatic heterocycles. The Bertz CT molecular complexity index is 256. The SMILES string of the molecule is CC(C)CC(N)C(=O)NO.O=C(O)C(F)(F)F. The highest BCUT2D eigenvalue weighted by molar-refractivity contribution is 5.80. The minimum atomic E-state index is -5.08. The first-order valence-corrected chi connectivity index (χ1v) is 4.52. The van der Waals surface area contributed by atoms with Crippen molar-refractivity contribution >= 4 is 11.9 Å². The highest BCUT2D eigenvalue weighted by Crippen LogP contribution is 2.13. The molecule has 9 heteroatoms. The van der Waals surface area contributed by atoms with Crippen molar-refractivity contribution in [2.75, 3.05) is 0 Å². The van der Waals surface area contributed by atoms with Crippen LogP contribution in [-0.2, 0) is 9.59 Å². The molecule has 1 atom stereocenters. The Balaban J connectivity index is 0. The third kappa shape index (κ3) is 10.9. The van der Waals surface area contributed by atoms with Gasteiger partial charge in [-0.1, -0.05) is 13.8 Å². The molecule has 102 valence electrons. The Kier molecular flexibility index (Phi) is 8.32. The molecule has 0 aromatic rings. The van der Waals surface area contributed by atoms with Crippen LogP contribution in [-0.4, -0.2) is 34.4 Å². The van der Waals surface area contributed by atoms with Gasteiger partial charge < -0.3 is 10.8 Å². The van der Waals surface area contributed by atoms with E-state index >= 15 is 0 Å². The molecule has 17 heavy (non-hydrogen) atoms. The molecule has 0 aliphatic carbocycles. The maximum atomic E-state index is 10.6. The number of hydrogen-bond acceptors (Lipinski definition) is 4. The van der Waals surface area contributed by atoms with Crippen molar-refractivity contribution < 1.29 is 33.1 Å². The predicted octanol–water partition coefficient (Wildman–Crippen LogP) is 0.499. The lowest BCUT2D eigenvalue weighted by Crippen LogP contribution is -2.39. The minimum Gasteiger partial charge on any atom is -0.475 e. The van der Waals surface area contributed by atoms with Crippen LogP contribution < -0.4 is 11.2 Å². The number of carboxylic acid groups (broad SMARTS) is 1. The van der Waals surface area contributed by atoms with Crippen LogP contribution in [0.15, 0.2) is 0 Å². The monoisotopic (exact) mass is 260 g/mol. The average molecular weight is 260 g/mol. The first-order valence-electron chi connectivity index (χ1n) is 4.52. The van der Waals surface area contributed by atoms with E-state index < -0.39 is 24.1 Å². The zero-order valence-electron chi connectivity index (χ0n) is 9.28. The van der Waals surface area contributed by atoms with Crippen molar-refractivity contribution in [2.24, 2.45) is 11.7 Å². The van der Waals surface area contributed by atoms with Crippen LogP contribution in [0.5, 0.6) is 0 Å². The Morgan fingerprint density at radius 3 is 1.88 bits per heavy atom. The highest BCUT2D eigenvalue weighted by Gasteiger charge is 2.38. The fourth-order valence-electron chi connectivity index (χ4n) is 0.698. The number of amides is 1. The molecule has 0 aromatic carbocycles. The molecule has 5 N–H and O–H groups in total. The van der Waals surface area contributed by atoms with Crippen LogP contribution >= 0.6 is 0 Å². The lowest BCUT2D eigenvalue weighted by atomic mass is 10.0. The summed E-state index contributed by atoms with van der Waals surface area (Å²) in [7, 11) is 0. The molecular weight excluding hydrogens is 245 g/mol. The largest absolute Gasteiger partial charge is 0.490 e. The Morgan fingerprint density at radius 1 is 1.35 bits per heavy atom. The number of hydroxylamine groups is 1. The summed E-state index contributed by atoms with van der Waals surface area (Å²) in [5.41, 5.74) is 6.86. The van der Waals surface area contributed by atoms with Crippen molar-refractivity contribution in [2.45, 2.75) is 32.5 Å². The van der Waals surface area contributed by atoms with Gasteiger partial charge >= 0.3 is 12.1 Å².